The summed E-state index contributed by atoms with van der Waals surface area (Å²) < 4.78 is 38.0. The molecule has 1 aromatic carbocycles. The number of hydrogen-bond acceptors (Lipinski definition) is 4. The third-order valence-corrected chi connectivity index (χ3v) is 7.12. The highest BCUT2D eigenvalue weighted by Crippen LogP contribution is 2.27. The molecular formula is C20H27FN2O3S. The number of carbonyl (C=O) groups excluding carboxylic acids is 1. The van der Waals surface area contributed by atoms with Crippen LogP contribution in [0.15, 0.2) is 29.8 Å². The average molecular weight is 395 g/mol. The molecule has 2 heterocycles. The Kier molecular flexibility index (Phi) is 5.72. The van der Waals surface area contributed by atoms with Crippen LogP contribution in [0, 0.1) is 12.7 Å². The van der Waals surface area contributed by atoms with Crippen LogP contribution in [-0.2, 0) is 21.1 Å². The van der Waals surface area contributed by atoms with Gasteiger partial charge in [-0.1, -0.05) is 23.8 Å². The summed E-state index contributed by atoms with van der Waals surface area (Å²) in [5, 5.41) is 0. The van der Waals surface area contributed by atoms with Crippen LogP contribution in [0.3, 0.4) is 0 Å². The predicted octanol–water partition coefficient (Wildman–Crippen LogP) is 1.95. The molecule has 0 radical (unpaired) electrons. The largest absolute Gasteiger partial charge is 0.336 e. The second-order valence-corrected chi connectivity index (χ2v) is 9.99. The van der Waals surface area contributed by atoms with Crippen molar-refractivity contribution >= 4 is 15.7 Å². The Morgan fingerprint density at radius 2 is 1.93 bits per heavy atom. The fraction of sp³-hybridized carbons (Fsp3) is 0.550. The van der Waals surface area contributed by atoms with Gasteiger partial charge in [0.1, 0.15) is 5.82 Å². The van der Waals surface area contributed by atoms with E-state index in [4.69, 9.17) is 0 Å². The van der Waals surface area contributed by atoms with E-state index in [1.54, 1.807) is 24.0 Å². The van der Waals surface area contributed by atoms with Gasteiger partial charge in [0.05, 0.1) is 24.0 Å². The smallest absolute Gasteiger partial charge is 0.227 e. The van der Waals surface area contributed by atoms with Gasteiger partial charge in [0.2, 0.25) is 5.91 Å². The van der Waals surface area contributed by atoms with Gasteiger partial charge in [-0.2, -0.15) is 0 Å². The summed E-state index contributed by atoms with van der Waals surface area (Å²) in [6.07, 6.45) is 2.26. The molecule has 2 fully saturated rings. The minimum Gasteiger partial charge on any atom is -0.336 e. The molecule has 5 nitrogen and oxygen atoms in total. The van der Waals surface area contributed by atoms with E-state index < -0.39 is 9.84 Å². The first kappa shape index (κ1) is 20.0. The summed E-state index contributed by atoms with van der Waals surface area (Å²) >= 11 is 0. The van der Waals surface area contributed by atoms with Crippen molar-refractivity contribution in [2.75, 3.05) is 31.1 Å². The molecule has 0 bridgehead atoms. The maximum atomic E-state index is 13.5. The zero-order valence-corrected chi connectivity index (χ0v) is 16.9. The molecule has 0 aromatic heterocycles. The van der Waals surface area contributed by atoms with Crippen LogP contribution in [-0.4, -0.2) is 67.3 Å². The van der Waals surface area contributed by atoms with Crippen LogP contribution >= 0.6 is 0 Å². The van der Waals surface area contributed by atoms with Crippen LogP contribution in [0.25, 0.3) is 0 Å². The van der Waals surface area contributed by atoms with E-state index in [2.05, 4.69) is 11.0 Å². The lowest BCUT2D eigenvalue weighted by Gasteiger charge is -2.43. The van der Waals surface area contributed by atoms with Crippen LogP contribution < -0.4 is 0 Å². The molecule has 2 aliphatic heterocycles. The molecular weight excluding hydrogens is 367 g/mol. The summed E-state index contributed by atoms with van der Waals surface area (Å²) in [4.78, 5) is 16.8. The number of nitrogens with zero attached hydrogens (tertiary/aromatic N) is 2. The molecule has 1 amide bonds. The normalized spacial score (nSPS) is 24.5. The number of carbonyl (C=O) groups is 1. The first-order chi connectivity index (χ1) is 12.7. The van der Waals surface area contributed by atoms with E-state index in [-0.39, 0.29) is 41.7 Å². The number of halogens is 1. The number of hydrogen-bond donors (Lipinski definition) is 0. The number of piperazine rings is 1. The first-order valence-corrected chi connectivity index (χ1v) is 11.1. The Bertz CT molecular complexity index is 862. The number of allylic oxidation sites excluding steroid dienone is 1. The van der Waals surface area contributed by atoms with Gasteiger partial charge in [-0.3, -0.25) is 9.69 Å². The Balaban J connectivity index is 1.77. The molecule has 148 valence electrons. The molecule has 0 N–H and O–H groups in total. The van der Waals surface area contributed by atoms with Gasteiger partial charge in [-0.15, -0.1) is 0 Å². The third kappa shape index (κ3) is 4.58. The van der Waals surface area contributed by atoms with Gasteiger partial charge in [0, 0.05) is 25.7 Å². The van der Waals surface area contributed by atoms with Gasteiger partial charge in [0.25, 0.3) is 0 Å². The maximum Gasteiger partial charge on any atom is 0.227 e. The molecule has 0 aliphatic carbocycles. The molecule has 3 rings (SSSR count). The van der Waals surface area contributed by atoms with Crippen molar-refractivity contribution in [3.63, 3.8) is 0 Å². The van der Waals surface area contributed by atoms with E-state index in [9.17, 15) is 17.6 Å². The zero-order chi connectivity index (χ0) is 19.8. The second-order valence-electron chi connectivity index (χ2n) is 7.84. The number of fused-ring (bicyclic) bond motifs is 1. The molecule has 0 spiro atoms. The number of aryl methyl sites for hydroxylation is 1. The predicted molar refractivity (Wildman–Crippen MR) is 104 cm³/mol. The standard InChI is InChI=1S/C20H27FN2O3S/c1-14(2)6-7-22-8-9-23(19-13-27(25,26)12-18(19)22)20(24)11-16-4-5-17(21)15(3)10-16/h4-6,10,18-19H,7-9,11-13H2,1-3H3/t18-,19+/m1/s1. The van der Waals surface area contributed by atoms with Crippen molar-refractivity contribution in [3.8, 4) is 0 Å². The van der Waals surface area contributed by atoms with Crippen LogP contribution in [0.2, 0.25) is 0 Å². The van der Waals surface area contributed by atoms with Crippen LogP contribution in [0.1, 0.15) is 25.0 Å². The summed E-state index contributed by atoms with van der Waals surface area (Å²) in [7, 11) is -3.16. The van der Waals surface area contributed by atoms with Gasteiger partial charge in [-0.25, -0.2) is 12.8 Å². The molecule has 27 heavy (non-hydrogen) atoms. The average Bonchev–Trinajstić information content (AvgIpc) is 2.90. The first-order valence-electron chi connectivity index (χ1n) is 9.28. The quantitative estimate of drug-likeness (QED) is 0.733. The van der Waals surface area contributed by atoms with Gasteiger partial charge >= 0.3 is 0 Å². The lowest BCUT2D eigenvalue weighted by molar-refractivity contribution is -0.136. The van der Waals surface area contributed by atoms with Gasteiger partial charge in [0.15, 0.2) is 9.84 Å². The van der Waals surface area contributed by atoms with Crippen LogP contribution in [0.5, 0.6) is 0 Å². The summed E-state index contributed by atoms with van der Waals surface area (Å²) in [6.45, 7) is 7.60. The van der Waals surface area contributed by atoms with Crippen molar-refractivity contribution in [1.29, 1.82) is 0 Å². The van der Waals surface area contributed by atoms with E-state index >= 15 is 0 Å². The molecule has 2 aliphatic rings. The maximum absolute atomic E-state index is 13.5. The number of amides is 1. The van der Waals surface area contributed by atoms with E-state index in [0.29, 0.717) is 25.2 Å². The molecule has 2 atom stereocenters. The minimum absolute atomic E-state index is 0.0250. The SMILES string of the molecule is CC(C)=CCN1CCN(C(=O)Cc2ccc(F)c(C)c2)[C@H]2CS(=O)(=O)C[C@H]21. The Hall–Kier alpha value is -1.73. The fourth-order valence-corrected chi connectivity index (χ4v) is 5.97. The van der Waals surface area contributed by atoms with Crippen molar-refractivity contribution in [2.45, 2.75) is 39.3 Å². The van der Waals surface area contributed by atoms with Gasteiger partial charge < -0.3 is 4.90 Å². The molecule has 0 unspecified atom stereocenters. The number of sulfone groups is 1. The Morgan fingerprint density at radius 1 is 1.22 bits per heavy atom. The molecule has 7 heteroatoms. The highest BCUT2D eigenvalue weighted by Gasteiger charge is 2.47. The van der Waals surface area contributed by atoms with Crippen molar-refractivity contribution < 1.29 is 17.6 Å². The molecule has 2 saturated heterocycles. The summed E-state index contributed by atoms with van der Waals surface area (Å²) in [5.74, 6) is -0.249. The third-order valence-electron chi connectivity index (χ3n) is 5.42. The minimum atomic E-state index is -3.16. The highest BCUT2D eigenvalue weighted by molar-refractivity contribution is 7.91. The molecule has 0 saturated carbocycles. The highest BCUT2D eigenvalue weighted by atomic mass is 32.2. The van der Waals surface area contributed by atoms with Crippen molar-refractivity contribution in [3.05, 3.63) is 46.8 Å². The lowest BCUT2D eigenvalue weighted by Crippen LogP contribution is -2.60. The molecule has 1 aromatic rings. The second kappa shape index (κ2) is 7.72. The zero-order valence-electron chi connectivity index (χ0n) is 16.1. The van der Waals surface area contributed by atoms with E-state index in [0.717, 1.165) is 5.56 Å². The van der Waals surface area contributed by atoms with Gasteiger partial charge in [-0.05, 0) is 38.0 Å². The number of rotatable bonds is 4. The summed E-state index contributed by atoms with van der Waals surface area (Å²) in [5.41, 5.74) is 2.45. The number of benzene rings is 1. The monoisotopic (exact) mass is 394 g/mol. The van der Waals surface area contributed by atoms with Crippen LogP contribution in [0.4, 0.5) is 4.39 Å². The lowest BCUT2D eigenvalue weighted by atomic mass is 10.0. The Morgan fingerprint density at radius 3 is 2.59 bits per heavy atom. The van der Waals surface area contributed by atoms with E-state index in [1.165, 1.54) is 11.6 Å². The van der Waals surface area contributed by atoms with Crippen molar-refractivity contribution in [2.24, 2.45) is 0 Å². The summed E-state index contributed by atoms with van der Waals surface area (Å²) in [6, 6.07) is 4.22. The van der Waals surface area contributed by atoms with E-state index in [1.807, 2.05) is 13.8 Å². The topological polar surface area (TPSA) is 57.7 Å². The fourth-order valence-electron chi connectivity index (χ4n) is 3.95. The van der Waals surface area contributed by atoms with Crippen molar-refractivity contribution in [1.82, 2.24) is 9.80 Å². The Labute approximate surface area is 160 Å².